The van der Waals surface area contributed by atoms with Crippen molar-refractivity contribution in [1.82, 2.24) is 9.97 Å². The summed E-state index contributed by atoms with van der Waals surface area (Å²) in [5, 5.41) is 7.61. The van der Waals surface area contributed by atoms with Crippen molar-refractivity contribution in [2.45, 2.75) is 25.8 Å². The van der Waals surface area contributed by atoms with E-state index in [2.05, 4.69) is 43.8 Å². The molecule has 1 atom stereocenters. The lowest BCUT2D eigenvalue weighted by atomic mass is 9.87. The van der Waals surface area contributed by atoms with Crippen LogP contribution >= 0.6 is 11.3 Å². The van der Waals surface area contributed by atoms with Gasteiger partial charge in [-0.3, -0.25) is 9.79 Å². The van der Waals surface area contributed by atoms with Crippen LogP contribution in [0.2, 0.25) is 0 Å². The van der Waals surface area contributed by atoms with Gasteiger partial charge in [0.1, 0.15) is 22.7 Å². The Morgan fingerprint density at radius 3 is 3.00 bits per heavy atom. The number of benzene rings is 2. The summed E-state index contributed by atoms with van der Waals surface area (Å²) >= 11 is 1.66. The zero-order valence-corrected chi connectivity index (χ0v) is 19.5. The minimum Gasteiger partial charge on any atom is -0.495 e. The van der Waals surface area contributed by atoms with Crippen LogP contribution in [0.25, 0.3) is 10.2 Å². The summed E-state index contributed by atoms with van der Waals surface area (Å²) in [7, 11) is 1.61. The van der Waals surface area contributed by atoms with Crippen molar-refractivity contribution < 1.29 is 9.53 Å². The van der Waals surface area contributed by atoms with Crippen molar-refractivity contribution in [3.05, 3.63) is 70.4 Å². The van der Waals surface area contributed by atoms with E-state index in [-0.39, 0.29) is 11.8 Å². The number of carbonyl (C=O) groups is 1. The fraction of sp³-hybridized carbons (Fsp3) is 0.231. The fourth-order valence-electron chi connectivity index (χ4n) is 4.73. The van der Waals surface area contributed by atoms with Crippen LogP contribution in [0, 0.1) is 5.92 Å². The van der Waals surface area contributed by atoms with Crippen LogP contribution in [-0.4, -0.2) is 29.2 Å². The number of carbonyl (C=O) groups excluding carboxylic acids is 1. The number of ether oxygens (including phenoxy) is 1. The Morgan fingerprint density at radius 1 is 1.18 bits per heavy atom. The van der Waals surface area contributed by atoms with Crippen LogP contribution < -0.4 is 15.4 Å². The van der Waals surface area contributed by atoms with Crippen molar-refractivity contribution in [3.63, 3.8) is 0 Å². The van der Waals surface area contributed by atoms with Crippen LogP contribution in [-0.2, 0) is 24.2 Å². The molecule has 1 aliphatic heterocycles. The zero-order chi connectivity index (χ0) is 23.1. The molecule has 0 saturated carbocycles. The van der Waals surface area contributed by atoms with E-state index >= 15 is 0 Å². The lowest BCUT2D eigenvalue weighted by Gasteiger charge is -2.22. The van der Waals surface area contributed by atoms with E-state index in [0.29, 0.717) is 17.9 Å². The third-order valence-electron chi connectivity index (χ3n) is 6.48. The van der Waals surface area contributed by atoms with Crippen molar-refractivity contribution >= 4 is 50.9 Å². The maximum absolute atomic E-state index is 13.0. The first-order valence-corrected chi connectivity index (χ1v) is 12.1. The number of rotatable bonds is 5. The summed E-state index contributed by atoms with van der Waals surface area (Å²) in [5.41, 5.74) is 5.33. The first-order valence-electron chi connectivity index (χ1n) is 11.3. The Morgan fingerprint density at radius 2 is 2.09 bits per heavy atom. The maximum atomic E-state index is 13.0. The quantitative estimate of drug-likeness (QED) is 0.424. The van der Waals surface area contributed by atoms with Gasteiger partial charge in [-0.05, 0) is 60.2 Å². The average molecular weight is 470 g/mol. The number of thiophene rings is 1. The van der Waals surface area contributed by atoms with E-state index in [0.717, 1.165) is 46.7 Å². The molecule has 0 bridgehead atoms. The van der Waals surface area contributed by atoms with Gasteiger partial charge in [-0.1, -0.05) is 18.2 Å². The number of aliphatic imine (C=N–C) groups is 1. The second-order valence-electron chi connectivity index (χ2n) is 8.54. The second kappa shape index (κ2) is 8.53. The molecule has 170 valence electrons. The first kappa shape index (κ1) is 20.8. The van der Waals surface area contributed by atoms with E-state index in [1.165, 1.54) is 16.0 Å². The van der Waals surface area contributed by atoms with Gasteiger partial charge in [0.05, 0.1) is 24.7 Å². The summed E-state index contributed by atoms with van der Waals surface area (Å²) in [6.45, 7) is 0.747. The molecule has 2 N–H and O–H groups in total. The van der Waals surface area contributed by atoms with Crippen LogP contribution in [0.1, 0.15) is 28.0 Å². The molecule has 4 aromatic rings. The van der Waals surface area contributed by atoms with Crippen molar-refractivity contribution in [3.8, 4) is 5.75 Å². The molecule has 2 aliphatic rings. The van der Waals surface area contributed by atoms with Crippen LogP contribution in [0.15, 0.2) is 53.8 Å². The SMILES string of the molecule is COc1ccccc1NC(=O)C1CCc2c(sc3ncnc(Nc4ccc5c(c4)C=NC5)c23)C1. The number of para-hydroxylation sites is 2. The predicted octanol–water partition coefficient (Wildman–Crippen LogP) is 5.12. The van der Waals surface area contributed by atoms with E-state index in [9.17, 15) is 4.79 Å². The largest absolute Gasteiger partial charge is 0.495 e. The highest BCUT2D eigenvalue weighted by atomic mass is 32.1. The number of nitrogens with one attached hydrogen (secondary N) is 2. The summed E-state index contributed by atoms with van der Waals surface area (Å²) < 4.78 is 5.37. The fourth-order valence-corrected chi connectivity index (χ4v) is 5.99. The van der Waals surface area contributed by atoms with Crippen molar-refractivity contribution in [1.29, 1.82) is 0 Å². The molecule has 1 amide bonds. The average Bonchev–Trinajstić information content (AvgIpc) is 3.48. The minimum atomic E-state index is -0.0918. The molecular formula is C26H23N5O2S. The molecule has 8 heteroatoms. The van der Waals surface area contributed by atoms with E-state index in [4.69, 9.17) is 4.74 Å². The van der Waals surface area contributed by atoms with Crippen LogP contribution in [0.4, 0.5) is 17.2 Å². The van der Waals surface area contributed by atoms with E-state index < -0.39 is 0 Å². The second-order valence-corrected chi connectivity index (χ2v) is 9.63. The molecule has 3 heterocycles. The Hall–Kier alpha value is -3.78. The van der Waals surface area contributed by atoms with Crippen molar-refractivity contribution in [2.75, 3.05) is 17.7 Å². The molecule has 1 aliphatic carbocycles. The van der Waals surface area contributed by atoms with Gasteiger partial charge in [0, 0.05) is 22.7 Å². The molecule has 34 heavy (non-hydrogen) atoms. The summed E-state index contributed by atoms with van der Waals surface area (Å²) in [6.07, 6.45) is 5.82. The molecule has 7 nitrogen and oxygen atoms in total. The molecule has 6 rings (SSSR count). The lowest BCUT2D eigenvalue weighted by molar-refractivity contribution is -0.120. The molecule has 2 aromatic carbocycles. The first-order chi connectivity index (χ1) is 16.7. The Labute approximate surface area is 200 Å². The molecule has 0 spiro atoms. The van der Waals surface area contributed by atoms with Crippen LogP contribution in [0.5, 0.6) is 5.75 Å². The molecular weight excluding hydrogens is 446 g/mol. The third kappa shape index (κ3) is 3.70. The number of methoxy groups -OCH3 is 1. The molecule has 0 saturated heterocycles. The molecule has 2 aromatic heterocycles. The normalized spacial score (nSPS) is 16.2. The number of aryl methyl sites for hydroxylation is 1. The predicted molar refractivity (Wildman–Crippen MR) is 136 cm³/mol. The number of nitrogens with zero attached hydrogens (tertiary/aromatic N) is 3. The van der Waals surface area contributed by atoms with Gasteiger partial charge < -0.3 is 15.4 Å². The number of hydrogen-bond donors (Lipinski definition) is 2. The number of hydrogen-bond acceptors (Lipinski definition) is 7. The zero-order valence-electron chi connectivity index (χ0n) is 18.7. The van der Waals surface area contributed by atoms with Gasteiger partial charge in [-0.15, -0.1) is 11.3 Å². The highest BCUT2D eigenvalue weighted by molar-refractivity contribution is 7.19. The summed E-state index contributed by atoms with van der Waals surface area (Å²) in [4.78, 5) is 28.7. The van der Waals surface area contributed by atoms with Gasteiger partial charge >= 0.3 is 0 Å². The van der Waals surface area contributed by atoms with E-state index in [1.54, 1.807) is 24.8 Å². The van der Waals surface area contributed by atoms with Crippen molar-refractivity contribution in [2.24, 2.45) is 10.9 Å². The smallest absolute Gasteiger partial charge is 0.227 e. The Balaban J connectivity index is 1.26. The Kier molecular flexibility index (Phi) is 5.22. The number of aromatic nitrogens is 2. The topological polar surface area (TPSA) is 88.5 Å². The highest BCUT2D eigenvalue weighted by Crippen LogP contribution is 2.41. The highest BCUT2D eigenvalue weighted by Gasteiger charge is 2.29. The Bertz CT molecular complexity index is 1440. The molecule has 0 radical (unpaired) electrons. The maximum Gasteiger partial charge on any atom is 0.227 e. The molecule has 1 unspecified atom stereocenters. The number of anilines is 3. The molecule has 0 fully saturated rings. The van der Waals surface area contributed by atoms with Gasteiger partial charge in [0.2, 0.25) is 5.91 Å². The lowest BCUT2D eigenvalue weighted by Crippen LogP contribution is -2.27. The number of fused-ring (bicyclic) bond motifs is 4. The van der Waals surface area contributed by atoms with Gasteiger partial charge in [0.25, 0.3) is 0 Å². The van der Waals surface area contributed by atoms with E-state index in [1.807, 2.05) is 30.5 Å². The standard InChI is InChI=1S/C26H23N5O2S/c1-33-21-5-3-2-4-20(21)31-25(32)15-7-9-19-22(11-15)34-26-23(19)24(28-14-29-26)30-18-8-6-16-12-27-13-17(16)10-18/h2-6,8,10,13-15H,7,9,11-12H2,1H3,(H,31,32)(H,28,29,30). The van der Waals surface area contributed by atoms with Gasteiger partial charge in [0.15, 0.2) is 0 Å². The third-order valence-corrected chi connectivity index (χ3v) is 7.64. The summed E-state index contributed by atoms with van der Waals surface area (Å²) in [6, 6.07) is 13.8. The van der Waals surface area contributed by atoms with Gasteiger partial charge in [-0.2, -0.15) is 0 Å². The summed E-state index contributed by atoms with van der Waals surface area (Å²) in [5.74, 6) is 1.41. The number of amides is 1. The minimum absolute atomic E-state index is 0.0249. The van der Waals surface area contributed by atoms with Crippen LogP contribution in [0.3, 0.4) is 0 Å². The monoisotopic (exact) mass is 469 g/mol. The van der Waals surface area contributed by atoms with Gasteiger partial charge in [-0.25, -0.2) is 9.97 Å².